The van der Waals surface area contributed by atoms with E-state index in [1.165, 1.54) is 6.92 Å². The van der Waals surface area contributed by atoms with Crippen LogP contribution in [0.1, 0.15) is 40.3 Å². The first-order chi connectivity index (χ1) is 30.2. The Morgan fingerprint density at radius 3 is 1.48 bits per heavy atom. The number of hydrogen-bond acceptors (Lipinski definition) is 11. The Morgan fingerprint density at radius 2 is 0.984 bits per heavy atom. The van der Waals surface area contributed by atoms with Crippen LogP contribution in [-0.4, -0.2) is 30.1 Å². The third-order valence-corrected chi connectivity index (χ3v) is 10.5. The van der Waals surface area contributed by atoms with Gasteiger partial charge < -0.3 is 24.1 Å². The summed E-state index contributed by atoms with van der Waals surface area (Å²) >= 11 is 0. The van der Waals surface area contributed by atoms with Gasteiger partial charge in [0.25, 0.3) is 5.91 Å². The average molecular weight is 858 g/mol. The number of phosphoric ester groups is 1. The molecule has 6 aromatic rings. The van der Waals surface area contributed by atoms with Crippen LogP contribution in [0.5, 0.6) is 11.5 Å². The van der Waals surface area contributed by atoms with E-state index in [1.54, 1.807) is 18.2 Å². The van der Waals surface area contributed by atoms with E-state index >= 15 is 0 Å². The van der Waals surface area contributed by atoms with E-state index in [0.29, 0.717) is 5.56 Å². The second kappa shape index (κ2) is 23.3. The van der Waals surface area contributed by atoms with Crippen molar-refractivity contribution in [1.82, 2.24) is 16.2 Å². The van der Waals surface area contributed by atoms with Gasteiger partial charge in [0.05, 0.1) is 13.2 Å². The average Bonchev–Trinajstić information content (AvgIpc) is 3.31. The molecule has 2 atom stereocenters. The van der Waals surface area contributed by atoms with Gasteiger partial charge in [0.1, 0.15) is 31.9 Å². The first-order valence-electron chi connectivity index (χ1n) is 19.9. The Balaban J connectivity index is 1.20. The molecule has 0 saturated carbocycles. The van der Waals surface area contributed by atoms with E-state index in [9.17, 15) is 18.9 Å². The van der Waals surface area contributed by atoms with Crippen LogP contribution in [0.2, 0.25) is 0 Å². The molecule has 0 aliphatic rings. The molecule has 0 fully saturated rings. The number of nitrogens with one attached hydrogen (secondary N) is 3. The third kappa shape index (κ3) is 14.8. The molecule has 320 valence electrons. The van der Waals surface area contributed by atoms with E-state index in [0.717, 1.165) is 27.8 Å². The van der Waals surface area contributed by atoms with Crippen molar-refractivity contribution in [3.63, 3.8) is 0 Å². The van der Waals surface area contributed by atoms with Gasteiger partial charge in [-0.05, 0) is 52.4 Å². The standard InChI is InChI=1S/C48H48N3O10P/c1-36(49-48(54)58-33-39-21-11-4-12-22-39)46(52)51-50-43(47(53)57-32-38-19-9-3-10-20-38)29-42-27-28-44(45(30-42)56-31-37-17-7-2-8-18-37)61-62(55,59-34-40-23-13-5-14-24-40)60-35-41-25-15-6-16-26-41/h2-28,30,36,43,50H,29,31-35H2,1H3,(H,49,54)(H,51,52). The smallest absolute Gasteiger partial charge is 0.485 e. The molecule has 14 heteroatoms. The van der Waals surface area contributed by atoms with E-state index in [-0.39, 0.29) is 51.0 Å². The van der Waals surface area contributed by atoms with Crippen LogP contribution >= 0.6 is 7.82 Å². The van der Waals surface area contributed by atoms with Crippen molar-refractivity contribution in [2.45, 2.75) is 58.5 Å². The normalized spacial score (nSPS) is 12.0. The van der Waals surface area contributed by atoms with E-state index < -0.39 is 37.9 Å². The number of alkyl carbamates (subject to hydrolysis) is 1. The Morgan fingerprint density at radius 1 is 0.532 bits per heavy atom. The van der Waals surface area contributed by atoms with Crippen LogP contribution in [0, 0.1) is 0 Å². The number of carbonyl (C=O) groups excluding carboxylic acids is 3. The molecule has 0 aliphatic heterocycles. The Kier molecular flexibility index (Phi) is 16.8. The highest BCUT2D eigenvalue weighted by Crippen LogP contribution is 2.53. The van der Waals surface area contributed by atoms with Crippen molar-refractivity contribution < 1.29 is 46.7 Å². The lowest BCUT2D eigenvalue weighted by atomic mass is 10.1. The SMILES string of the molecule is CC(NC(=O)OCc1ccccc1)C(=O)NNC(Cc1ccc(OP(=O)(OCc2ccccc2)OCc2ccccc2)c(OCc2ccccc2)c1)C(=O)OCc1ccccc1. The minimum absolute atomic E-state index is 0.0104. The molecule has 0 saturated heterocycles. The van der Waals surface area contributed by atoms with Crippen LogP contribution < -0.4 is 25.4 Å². The van der Waals surface area contributed by atoms with Crippen molar-refractivity contribution in [3.05, 3.63) is 203 Å². The maximum absolute atomic E-state index is 14.4. The van der Waals surface area contributed by atoms with Gasteiger partial charge in [0.2, 0.25) is 0 Å². The summed E-state index contributed by atoms with van der Waals surface area (Å²) in [5.74, 6) is -1.06. The molecule has 0 bridgehead atoms. The van der Waals surface area contributed by atoms with Gasteiger partial charge in [-0.15, -0.1) is 0 Å². The summed E-state index contributed by atoms with van der Waals surface area (Å²) in [7, 11) is -4.31. The molecule has 0 heterocycles. The van der Waals surface area contributed by atoms with E-state index in [1.807, 2.05) is 152 Å². The van der Waals surface area contributed by atoms with Crippen molar-refractivity contribution >= 4 is 25.8 Å². The largest absolute Gasteiger partial charge is 0.530 e. The van der Waals surface area contributed by atoms with Gasteiger partial charge in [-0.1, -0.05) is 158 Å². The maximum atomic E-state index is 14.4. The second-order valence-electron chi connectivity index (χ2n) is 14.0. The number of ether oxygens (including phenoxy) is 3. The molecule has 13 nitrogen and oxygen atoms in total. The van der Waals surface area contributed by atoms with Gasteiger partial charge in [0, 0.05) is 6.42 Å². The van der Waals surface area contributed by atoms with Crippen molar-refractivity contribution in [2.24, 2.45) is 0 Å². The van der Waals surface area contributed by atoms with Crippen LogP contribution in [0.3, 0.4) is 0 Å². The summed E-state index contributed by atoms with van der Waals surface area (Å²) in [5, 5.41) is 2.49. The zero-order valence-electron chi connectivity index (χ0n) is 34.1. The zero-order chi connectivity index (χ0) is 43.4. The van der Waals surface area contributed by atoms with Crippen LogP contribution in [-0.2, 0) is 72.1 Å². The number of amides is 2. The molecule has 3 N–H and O–H groups in total. The Hall–Kier alpha value is -6.76. The van der Waals surface area contributed by atoms with Gasteiger partial charge in [-0.25, -0.2) is 14.8 Å². The first-order valence-corrected chi connectivity index (χ1v) is 21.4. The minimum atomic E-state index is -4.31. The lowest BCUT2D eigenvalue weighted by Crippen LogP contribution is -2.55. The van der Waals surface area contributed by atoms with Gasteiger partial charge in [-0.2, -0.15) is 0 Å². The minimum Gasteiger partial charge on any atom is -0.485 e. The van der Waals surface area contributed by atoms with Gasteiger partial charge >= 0.3 is 19.9 Å². The third-order valence-electron chi connectivity index (χ3n) is 9.18. The fourth-order valence-corrected chi connectivity index (χ4v) is 6.99. The van der Waals surface area contributed by atoms with Crippen molar-refractivity contribution in [1.29, 1.82) is 0 Å². The number of carbonyl (C=O) groups is 3. The summed E-state index contributed by atoms with van der Waals surface area (Å²) < 4.78 is 49.5. The van der Waals surface area contributed by atoms with Crippen molar-refractivity contribution in [2.75, 3.05) is 0 Å². The summed E-state index contributed by atoms with van der Waals surface area (Å²) in [4.78, 5) is 39.3. The molecule has 6 rings (SSSR count). The molecule has 0 spiro atoms. The predicted molar refractivity (Wildman–Crippen MR) is 232 cm³/mol. The molecule has 0 radical (unpaired) electrons. The molecule has 6 aromatic carbocycles. The Bertz CT molecular complexity index is 2310. The summed E-state index contributed by atoms with van der Waals surface area (Å²) in [6, 6.07) is 48.9. The highest BCUT2D eigenvalue weighted by atomic mass is 31.2. The fraction of sp³-hybridized carbons (Fsp3) is 0.188. The highest BCUT2D eigenvalue weighted by Gasteiger charge is 2.31. The molecule has 62 heavy (non-hydrogen) atoms. The number of phosphoric acid groups is 1. The summed E-state index contributed by atoms with van der Waals surface area (Å²) in [6.45, 7) is 1.49. The monoisotopic (exact) mass is 857 g/mol. The van der Waals surface area contributed by atoms with Crippen molar-refractivity contribution in [3.8, 4) is 11.5 Å². The topological polar surface area (TPSA) is 160 Å². The summed E-state index contributed by atoms with van der Waals surface area (Å²) in [5.41, 5.74) is 9.80. The first kappa shape index (κ1) is 44.8. The molecule has 2 amide bonds. The second-order valence-corrected chi connectivity index (χ2v) is 15.6. The predicted octanol–water partition coefficient (Wildman–Crippen LogP) is 8.78. The lowest BCUT2D eigenvalue weighted by Gasteiger charge is -2.22. The number of benzene rings is 6. The van der Waals surface area contributed by atoms with Gasteiger partial charge in [-0.3, -0.25) is 24.1 Å². The molecule has 2 unspecified atom stereocenters. The van der Waals surface area contributed by atoms with Crippen LogP contribution in [0.25, 0.3) is 0 Å². The zero-order valence-corrected chi connectivity index (χ0v) is 35.0. The van der Waals surface area contributed by atoms with Gasteiger partial charge in [0.15, 0.2) is 11.5 Å². The van der Waals surface area contributed by atoms with Crippen LogP contribution in [0.4, 0.5) is 4.79 Å². The summed E-state index contributed by atoms with van der Waals surface area (Å²) in [6.07, 6.45) is -0.801. The van der Waals surface area contributed by atoms with E-state index in [4.69, 9.17) is 27.8 Å². The molecular formula is C48H48N3O10P. The number of hydrogen-bond donors (Lipinski definition) is 3. The molecule has 0 aromatic heterocycles. The Labute approximate surface area is 360 Å². The molecular weight excluding hydrogens is 810 g/mol. The number of hydrazine groups is 1. The van der Waals surface area contributed by atoms with E-state index in [2.05, 4.69) is 16.2 Å². The quantitative estimate of drug-likeness (QED) is 0.0340. The number of esters is 1. The highest BCUT2D eigenvalue weighted by molar-refractivity contribution is 7.48. The number of rotatable bonds is 22. The van der Waals surface area contributed by atoms with Crippen LogP contribution in [0.15, 0.2) is 170 Å². The maximum Gasteiger partial charge on any atom is 0.530 e. The lowest BCUT2D eigenvalue weighted by molar-refractivity contribution is -0.148. The fourth-order valence-electron chi connectivity index (χ4n) is 5.80. The molecule has 0 aliphatic carbocycles.